The topological polar surface area (TPSA) is 145 Å². The Bertz CT molecular complexity index is 1330. The molecule has 0 saturated carbocycles. The Hall–Kier alpha value is -3.45. The van der Waals surface area contributed by atoms with Crippen LogP contribution in [0.5, 0.6) is 0 Å². The lowest BCUT2D eigenvalue weighted by Gasteiger charge is -2.33. The summed E-state index contributed by atoms with van der Waals surface area (Å²) < 4.78 is 61.8. The van der Waals surface area contributed by atoms with Gasteiger partial charge in [0, 0.05) is 12.5 Å². The maximum atomic E-state index is 14.6. The summed E-state index contributed by atoms with van der Waals surface area (Å²) in [7, 11) is -4.54. The summed E-state index contributed by atoms with van der Waals surface area (Å²) in [4.78, 5) is 35.8. The van der Waals surface area contributed by atoms with Gasteiger partial charge in [-0.25, -0.2) is 22.0 Å². The van der Waals surface area contributed by atoms with Gasteiger partial charge in [-0.05, 0) is 58.7 Å². The number of nitro groups is 1. The molecule has 0 fully saturated rings. The van der Waals surface area contributed by atoms with Crippen molar-refractivity contribution in [2.24, 2.45) is 0 Å². The molecule has 0 heterocycles. The third-order valence-corrected chi connectivity index (χ3v) is 6.81. The third kappa shape index (κ3) is 7.29. The first-order chi connectivity index (χ1) is 16.9. The average Bonchev–Trinajstić information content (AvgIpc) is 2.78. The van der Waals surface area contributed by atoms with Gasteiger partial charge in [-0.2, -0.15) is 4.72 Å². The number of carbonyl (C=O) groups excluding carboxylic acids is 2. The zero-order valence-electron chi connectivity index (χ0n) is 21.2. The van der Waals surface area contributed by atoms with Crippen LogP contribution < -0.4 is 10.0 Å². The summed E-state index contributed by atoms with van der Waals surface area (Å²) in [5.41, 5.74) is -3.81. The molecular weight excluding hydrogens is 512 g/mol. The van der Waals surface area contributed by atoms with Gasteiger partial charge in [0.1, 0.15) is 11.1 Å². The zero-order valence-corrected chi connectivity index (χ0v) is 22.0. The van der Waals surface area contributed by atoms with Crippen LogP contribution >= 0.6 is 0 Å². The van der Waals surface area contributed by atoms with Gasteiger partial charge in [0.05, 0.1) is 11.0 Å². The number of nitrogens with one attached hydrogen (secondary N) is 2. The van der Waals surface area contributed by atoms with Crippen LogP contribution in [0.2, 0.25) is 0 Å². The molecule has 0 bridgehead atoms. The largest absolute Gasteiger partial charge is 0.458 e. The molecule has 2 atom stereocenters. The lowest BCUT2D eigenvalue weighted by atomic mass is 9.91. The van der Waals surface area contributed by atoms with Gasteiger partial charge >= 0.3 is 5.97 Å². The van der Waals surface area contributed by atoms with Crippen molar-refractivity contribution in [1.82, 2.24) is 10.0 Å². The fourth-order valence-electron chi connectivity index (χ4n) is 3.33. The minimum Gasteiger partial charge on any atom is -0.458 e. The highest BCUT2D eigenvalue weighted by Gasteiger charge is 2.41. The fourth-order valence-corrected chi connectivity index (χ4v) is 4.70. The molecule has 0 aliphatic carbocycles. The first-order valence-corrected chi connectivity index (χ1v) is 12.6. The van der Waals surface area contributed by atoms with Crippen LogP contribution in [0.25, 0.3) is 0 Å². The molecule has 2 N–H and O–H groups in total. The molecule has 0 unspecified atom stereocenters. The van der Waals surface area contributed by atoms with Gasteiger partial charge < -0.3 is 10.1 Å². The van der Waals surface area contributed by atoms with Gasteiger partial charge in [-0.3, -0.25) is 14.9 Å². The summed E-state index contributed by atoms with van der Waals surface area (Å²) >= 11 is 0. The lowest BCUT2D eigenvalue weighted by Crippen LogP contribution is -2.59. The van der Waals surface area contributed by atoms with Crippen LogP contribution in [-0.2, 0) is 30.8 Å². The highest BCUT2D eigenvalue weighted by atomic mass is 32.2. The van der Waals surface area contributed by atoms with Crippen LogP contribution in [0.1, 0.15) is 45.7 Å². The van der Waals surface area contributed by atoms with E-state index in [1.165, 1.54) is 38.1 Å². The molecule has 37 heavy (non-hydrogen) atoms. The summed E-state index contributed by atoms with van der Waals surface area (Å²) in [5, 5.41) is 13.6. The van der Waals surface area contributed by atoms with E-state index in [0.717, 1.165) is 19.1 Å². The Morgan fingerprint density at radius 3 is 2.24 bits per heavy atom. The van der Waals surface area contributed by atoms with Crippen molar-refractivity contribution in [3.8, 4) is 0 Å². The first-order valence-electron chi connectivity index (χ1n) is 11.1. The van der Waals surface area contributed by atoms with Crippen LogP contribution in [0.15, 0.2) is 41.3 Å². The predicted octanol–water partition coefficient (Wildman–Crippen LogP) is 3.31. The Balaban J connectivity index is 2.38. The quantitative estimate of drug-likeness (QED) is 0.281. The standard InChI is InChI=1S/C24H29F2N3O7S/c1-14-11-12-16(20(26)19(14)25)13-24(6,22(31)36-23(3,4)5)27-21(30)15(2)28-37(34,35)18-10-8-7-9-17(18)29(32)33/h7-12,15,28H,13H2,1-6H3,(H,27,30)/t15-,24-/m0/s1. The van der Waals surface area contributed by atoms with Crippen molar-refractivity contribution < 1.29 is 36.4 Å². The minimum atomic E-state index is -4.54. The van der Waals surface area contributed by atoms with E-state index < -0.39 is 72.6 Å². The van der Waals surface area contributed by atoms with Crippen LogP contribution in [0.3, 0.4) is 0 Å². The number of sulfonamides is 1. The highest BCUT2D eigenvalue weighted by molar-refractivity contribution is 7.89. The van der Waals surface area contributed by atoms with Gasteiger partial charge in [0.2, 0.25) is 15.9 Å². The number of halogens is 2. The number of aryl methyl sites for hydroxylation is 1. The molecule has 10 nitrogen and oxygen atoms in total. The number of amides is 1. The van der Waals surface area contributed by atoms with Crippen molar-refractivity contribution >= 4 is 27.6 Å². The lowest BCUT2D eigenvalue weighted by molar-refractivity contribution is -0.387. The normalized spacial score (nSPS) is 14.4. The van der Waals surface area contributed by atoms with E-state index in [2.05, 4.69) is 5.32 Å². The van der Waals surface area contributed by atoms with Gasteiger partial charge in [-0.1, -0.05) is 24.3 Å². The van der Waals surface area contributed by atoms with Crippen molar-refractivity contribution in [3.63, 3.8) is 0 Å². The molecule has 0 aliphatic heterocycles. The predicted molar refractivity (Wildman–Crippen MR) is 130 cm³/mol. The number of nitrogens with zero attached hydrogens (tertiary/aromatic N) is 1. The second kappa shape index (κ2) is 10.9. The molecule has 1 amide bonds. The average molecular weight is 542 g/mol. The van der Waals surface area contributed by atoms with E-state index in [-0.39, 0.29) is 11.1 Å². The van der Waals surface area contributed by atoms with Crippen molar-refractivity contribution in [2.45, 2.75) is 70.0 Å². The second-order valence-corrected chi connectivity index (χ2v) is 11.4. The van der Waals surface area contributed by atoms with Crippen LogP contribution in [0.4, 0.5) is 14.5 Å². The Kier molecular flexibility index (Phi) is 8.76. The number of esters is 1. The molecule has 0 aliphatic rings. The number of hydrogen-bond acceptors (Lipinski definition) is 7. The van der Waals surface area contributed by atoms with E-state index >= 15 is 0 Å². The third-order valence-electron chi connectivity index (χ3n) is 5.22. The molecule has 0 aromatic heterocycles. The first kappa shape index (κ1) is 29.8. The molecule has 2 aromatic carbocycles. The Morgan fingerprint density at radius 1 is 1.08 bits per heavy atom. The summed E-state index contributed by atoms with van der Waals surface area (Å²) in [6.07, 6.45) is -0.514. The van der Waals surface area contributed by atoms with E-state index in [4.69, 9.17) is 4.74 Å². The van der Waals surface area contributed by atoms with Crippen LogP contribution in [0, 0.1) is 28.7 Å². The summed E-state index contributed by atoms with van der Waals surface area (Å²) in [6.45, 7) is 8.47. The molecule has 0 spiro atoms. The SMILES string of the molecule is Cc1ccc(C[C@](C)(NC(=O)[C@H](C)NS(=O)(=O)c2ccccc2[N+](=O)[O-])C(=O)OC(C)(C)C)c(F)c1F. The number of para-hydroxylation sites is 1. The van der Waals surface area contributed by atoms with Crippen molar-refractivity contribution in [3.05, 3.63) is 69.3 Å². The number of rotatable bonds is 9. The second-order valence-electron chi connectivity index (χ2n) is 9.74. The smallest absolute Gasteiger partial charge is 0.332 e. The van der Waals surface area contributed by atoms with Crippen LogP contribution in [-0.4, -0.2) is 42.4 Å². The maximum absolute atomic E-state index is 14.6. The number of nitro benzene ring substituents is 1. The number of ether oxygens (including phenoxy) is 1. The van der Waals surface area contributed by atoms with Crippen molar-refractivity contribution in [1.29, 1.82) is 0 Å². The van der Waals surface area contributed by atoms with Gasteiger partial charge in [0.15, 0.2) is 16.5 Å². The number of carbonyl (C=O) groups is 2. The Labute approximate surface area is 213 Å². The van der Waals surface area contributed by atoms with E-state index in [9.17, 15) is 36.9 Å². The summed E-state index contributed by atoms with van der Waals surface area (Å²) in [5.74, 6) is -4.29. The Morgan fingerprint density at radius 2 is 1.68 bits per heavy atom. The molecule has 202 valence electrons. The molecule has 0 saturated heterocycles. The van der Waals surface area contributed by atoms with Gasteiger partial charge in [0.25, 0.3) is 5.69 Å². The van der Waals surface area contributed by atoms with Gasteiger partial charge in [-0.15, -0.1) is 0 Å². The zero-order chi connectivity index (χ0) is 28.3. The molecule has 0 radical (unpaired) electrons. The molecule has 2 rings (SSSR count). The molecule has 13 heteroatoms. The molecule has 2 aromatic rings. The number of hydrogen-bond donors (Lipinski definition) is 2. The minimum absolute atomic E-state index is 0.0438. The highest BCUT2D eigenvalue weighted by Crippen LogP contribution is 2.25. The van der Waals surface area contributed by atoms with E-state index in [1.807, 2.05) is 4.72 Å². The van der Waals surface area contributed by atoms with E-state index in [0.29, 0.717) is 0 Å². The number of benzene rings is 2. The maximum Gasteiger partial charge on any atom is 0.332 e. The fraction of sp³-hybridized carbons (Fsp3) is 0.417. The van der Waals surface area contributed by atoms with Crippen molar-refractivity contribution in [2.75, 3.05) is 0 Å². The molecular formula is C24H29F2N3O7S. The monoisotopic (exact) mass is 541 g/mol. The summed E-state index contributed by atoms with van der Waals surface area (Å²) in [6, 6.07) is 5.62. The van der Waals surface area contributed by atoms with E-state index in [1.54, 1.807) is 20.8 Å².